The van der Waals surface area contributed by atoms with E-state index in [-0.39, 0.29) is 17.1 Å². The summed E-state index contributed by atoms with van der Waals surface area (Å²) < 4.78 is 28.4. The Bertz CT molecular complexity index is 503. The number of hydrogen-bond donors (Lipinski definition) is 0. The Morgan fingerprint density at radius 3 is 2.24 bits per heavy atom. The molecule has 2 fully saturated rings. The lowest BCUT2D eigenvalue weighted by atomic mass is 9.70. The van der Waals surface area contributed by atoms with Gasteiger partial charge in [-0.2, -0.15) is 8.42 Å². The van der Waals surface area contributed by atoms with Crippen molar-refractivity contribution in [3.05, 3.63) is 12.2 Å². The van der Waals surface area contributed by atoms with Crippen LogP contribution in [0.3, 0.4) is 0 Å². The minimum Gasteiger partial charge on any atom is -0.294 e. The van der Waals surface area contributed by atoms with E-state index in [2.05, 4.69) is 10.8 Å². The highest BCUT2D eigenvalue weighted by atomic mass is 32.2. The highest BCUT2D eigenvalue weighted by Crippen LogP contribution is 2.66. The number of allylic oxidation sites excluding steroid dienone is 1. The number of hydrogen-bond acceptors (Lipinski definition) is 4. The molecule has 2 aliphatic carbocycles. The second-order valence-corrected chi connectivity index (χ2v) is 7.71. The van der Waals surface area contributed by atoms with Gasteiger partial charge in [0.25, 0.3) is 10.1 Å². The summed E-state index contributed by atoms with van der Waals surface area (Å²) in [7, 11) is -2.44. The predicted octanol–water partition coefficient (Wildman–Crippen LogP) is 1.52. The third-order valence-electron chi connectivity index (χ3n) is 4.95. The fourth-order valence-corrected chi connectivity index (χ4v) is 5.15. The predicted molar refractivity (Wildman–Crippen MR) is 63.9 cm³/mol. The molecule has 0 heterocycles. The quantitative estimate of drug-likeness (QED) is 0.556. The highest BCUT2D eigenvalue weighted by Gasteiger charge is 2.70. The maximum absolute atomic E-state index is 12.1. The van der Waals surface area contributed by atoms with E-state index >= 15 is 0 Å². The molecule has 0 saturated heterocycles. The van der Waals surface area contributed by atoms with Crippen LogP contribution in [0.25, 0.3) is 0 Å². The molecule has 0 radical (unpaired) electrons. The molecule has 3 atom stereocenters. The first-order valence-corrected chi connectivity index (χ1v) is 7.10. The lowest BCUT2D eigenvalue weighted by molar-refractivity contribution is -0.125. The van der Waals surface area contributed by atoms with Crippen LogP contribution in [0.15, 0.2) is 12.2 Å². The summed E-state index contributed by atoms with van der Waals surface area (Å²) >= 11 is 0. The minimum atomic E-state index is -3.61. The van der Waals surface area contributed by atoms with Crippen molar-refractivity contribution in [1.29, 1.82) is 0 Å². The Morgan fingerprint density at radius 2 is 1.88 bits per heavy atom. The van der Waals surface area contributed by atoms with Gasteiger partial charge in [0.05, 0.1) is 12.4 Å². The van der Waals surface area contributed by atoms with Gasteiger partial charge in [-0.1, -0.05) is 27.4 Å². The summed E-state index contributed by atoms with van der Waals surface area (Å²) in [6.45, 7) is 9.51. The third-order valence-corrected chi connectivity index (χ3v) is 6.60. The van der Waals surface area contributed by atoms with Crippen molar-refractivity contribution >= 4 is 15.9 Å². The van der Waals surface area contributed by atoms with Crippen molar-refractivity contribution in [2.24, 2.45) is 16.7 Å². The normalized spacial score (nSPS) is 40.0. The molecule has 96 valence electrons. The zero-order valence-electron chi connectivity index (χ0n) is 10.6. The van der Waals surface area contributed by atoms with Gasteiger partial charge in [-0.3, -0.25) is 8.98 Å². The standard InChI is InChI=1S/C12H18O4S/c1-7-9-8(17(14,15)16-5)6-12(4,10(7)13)11(9,2)3/h8-9H,1,6H2,2-5H3. The molecule has 2 bridgehead atoms. The molecule has 5 heteroatoms. The topological polar surface area (TPSA) is 60.4 Å². The number of rotatable bonds is 2. The molecule has 0 aromatic rings. The molecule has 0 amide bonds. The number of ketones is 1. The molecular weight excluding hydrogens is 240 g/mol. The zero-order valence-corrected chi connectivity index (χ0v) is 11.4. The fourth-order valence-electron chi connectivity index (χ4n) is 3.52. The van der Waals surface area contributed by atoms with E-state index in [1.807, 2.05) is 20.8 Å². The van der Waals surface area contributed by atoms with Gasteiger partial charge in [-0.05, 0) is 17.4 Å². The van der Waals surface area contributed by atoms with Crippen LogP contribution in [0, 0.1) is 16.7 Å². The molecule has 2 aliphatic rings. The number of carbonyl (C=O) groups is 1. The van der Waals surface area contributed by atoms with E-state index < -0.39 is 20.8 Å². The second-order valence-electron chi connectivity index (χ2n) is 5.79. The van der Waals surface area contributed by atoms with Crippen molar-refractivity contribution in [1.82, 2.24) is 0 Å². The summed E-state index contributed by atoms with van der Waals surface area (Å²) in [5, 5.41) is -0.641. The first kappa shape index (κ1) is 12.8. The van der Waals surface area contributed by atoms with Gasteiger partial charge in [-0.25, -0.2) is 0 Å². The smallest absolute Gasteiger partial charge is 0.270 e. The molecule has 0 spiro atoms. The molecule has 4 nitrogen and oxygen atoms in total. The van der Waals surface area contributed by atoms with E-state index in [4.69, 9.17) is 0 Å². The van der Waals surface area contributed by atoms with Crippen molar-refractivity contribution in [3.63, 3.8) is 0 Å². The number of carbonyl (C=O) groups excluding carboxylic acids is 1. The summed E-state index contributed by atoms with van der Waals surface area (Å²) in [5.74, 6) is -0.319. The Labute approximate surface area is 102 Å². The number of fused-ring (bicyclic) bond motifs is 2. The van der Waals surface area contributed by atoms with Gasteiger partial charge in [0, 0.05) is 11.3 Å². The van der Waals surface area contributed by atoms with Crippen LogP contribution in [-0.4, -0.2) is 26.6 Å². The molecular formula is C12H18O4S. The average molecular weight is 258 g/mol. The first-order chi connectivity index (χ1) is 7.59. The minimum absolute atomic E-state index is 0.00931. The van der Waals surface area contributed by atoms with E-state index in [9.17, 15) is 13.2 Å². The van der Waals surface area contributed by atoms with Crippen molar-refractivity contribution in [2.45, 2.75) is 32.4 Å². The van der Waals surface area contributed by atoms with Crippen LogP contribution in [-0.2, 0) is 19.1 Å². The number of Topliss-reactive ketones (excluding diaryl/α,β-unsaturated/α-hetero) is 1. The van der Waals surface area contributed by atoms with Gasteiger partial charge in [0.15, 0.2) is 5.78 Å². The Hall–Kier alpha value is -0.680. The molecule has 0 aromatic carbocycles. The average Bonchev–Trinajstić information content (AvgIpc) is 2.51. The Morgan fingerprint density at radius 1 is 1.35 bits per heavy atom. The first-order valence-electron chi connectivity index (χ1n) is 5.62. The van der Waals surface area contributed by atoms with Gasteiger partial charge >= 0.3 is 0 Å². The van der Waals surface area contributed by atoms with Crippen molar-refractivity contribution < 1.29 is 17.4 Å². The lowest BCUT2D eigenvalue weighted by Crippen LogP contribution is -2.35. The second kappa shape index (κ2) is 3.20. The van der Waals surface area contributed by atoms with Gasteiger partial charge in [0.2, 0.25) is 0 Å². The molecule has 0 N–H and O–H groups in total. The summed E-state index contributed by atoms with van der Waals surface area (Å²) in [5.41, 5.74) is -0.572. The van der Waals surface area contributed by atoms with E-state index in [1.54, 1.807) is 0 Å². The van der Waals surface area contributed by atoms with Crippen molar-refractivity contribution in [2.75, 3.05) is 7.11 Å². The van der Waals surface area contributed by atoms with E-state index in [0.29, 0.717) is 12.0 Å². The highest BCUT2D eigenvalue weighted by molar-refractivity contribution is 7.87. The van der Waals surface area contributed by atoms with Crippen LogP contribution in [0.5, 0.6) is 0 Å². The SMILES string of the molecule is C=C1C(=O)C2(C)CC(S(=O)(=O)OC)C1C2(C)C. The van der Waals surface area contributed by atoms with Crippen LogP contribution >= 0.6 is 0 Å². The largest absolute Gasteiger partial charge is 0.294 e. The molecule has 3 unspecified atom stereocenters. The fraction of sp³-hybridized carbons (Fsp3) is 0.750. The van der Waals surface area contributed by atoms with Gasteiger partial charge < -0.3 is 0 Å². The Kier molecular flexibility index (Phi) is 2.41. The summed E-state index contributed by atoms with van der Waals surface area (Å²) in [4.78, 5) is 12.1. The third kappa shape index (κ3) is 1.27. The van der Waals surface area contributed by atoms with E-state index in [1.165, 1.54) is 7.11 Å². The van der Waals surface area contributed by atoms with E-state index in [0.717, 1.165) is 0 Å². The molecule has 0 aliphatic heterocycles. The lowest BCUT2D eigenvalue weighted by Gasteiger charge is -2.31. The van der Waals surface area contributed by atoms with Crippen LogP contribution in [0.2, 0.25) is 0 Å². The van der Waals surface area contributed by atoms with Gasteiger partial charge in [0.1, 0.15) is 0 Å². The molecule has 17 heavy (non-hydrogen) atoms. The summed E-state index contributed by atoms with van der Waals surface area (Å²) in [6, 6.07) is 0. The van der Waals surface area contributed by atoms with Crippen molar-refractivity contribution in [3.8, 4) is 0 Å². The maximum atomic E-state index is 12.1. The van der Waals surface area contributed by atoms with Crippen LogP contribution in [0.4, 0.5) is 0 Å². The zero-order chi connectivity index (χ0) is 13.2. The molecule has 0 aromatic heterocycles. The molecule has 2 rings (SSSR count). The Balaban J connectivity index is 2.57. The van der Waals surface area contributed by atoms with Crippen LogP contribution in [0.1, 0.15) is 27.2 Å². The van der Waals surface area contributed by atoms with Crippen LogP contribution < -0.4 is 0 Å². The summed E-state index contributed by atoms with van der Waals surface area (Å²) in [6.07, 6.45) is 0.332. The maximum Gasteiger partial charge on any atom is 0.270 e. The monoisotopic (exact) mass is 258 g/mol. The van der Waals surface area contributed by atoms with Gasteiger partial charge in [-0.15, -0.1) is 0 Å². The molecule has 2 saturated carbocycles.